The molecule has 0 atom stereocenters. The number of nitrogens with one attached hydrogen (secondary N) is 1. The number of amides is 2. The Labute approximate surface area is 187 Å². The third-order valence-electron chi connectivity index (χ3n) is 5.62. The Morgan fingerprint density at radius 2 is 1.94 bits per heavy atom. The van der Waals surface area contributed by atoms with Gasteiger partial charge in [0.25, 0.3) is 11.8 Å². The van der Waals surface area contributed by atoms with Gasteiger partial charge in [-0.15, -0.1) is 0 Å². The second-order valence-electron chi connectivity index (χ2n) is 7.76. The summed E-state index contributed by atoms with van der Waals surface area (Å²) in [5.74, 6) is -1.69. The summed E-state index contributed by atoms with van der Waals surface area (Å²) in [4.78, 5) is 36.0. The van der Waals surface area contributed by atoms with Gasteiger partial charge in [-0.1, -0.05) is 12.1 Å². The molecule has 0 radical (unpaired) electrons. The van der Waals surface area contributed by atoms with Crippen LogP contribution in [0, 0.1) is 11.6 Å². The van der Waals surface area contributed by atoms with E-state index in [1.807, 2.05) is 22.8 Å². The Balaban J connectivity index is 1.34. The molecule has 2 aromatic carbocycles. The zero-order valence-electron chi connectivity index (χ0n) is 17.5. The van der Waals surface area contributed by atoms with Gasteiger partial charge in [0.15, 0.2) is 5.82 Å². The van der Waals surface area contributed by atoms with Crippen LogP contribution in [-0.4, -0.2) is 37.8 Å². The van der Waals surface area contributed by atoms with E-state index in [9.17, 15) is 18.4 Å². The molecule has 0 aliphatic carbocycles. The lowest BCUT2D eigenvalue weighted by Gasteiger charge is -2.27. The highest BCUT2D eigenvalue weighted by Gasteiger charge is 2.28. The molecule has 2 aromatic heterocycles. The molecule has 0 unspecified atom stereocenters. The molecule has 0 bridgehead atoms. The number of hydrogen-bond acceptors (Lipinski definition) is 4. The predicted molar refractivity (Wildman–Crippen MR) is 116 cm³/mol. The van der Waals surface area contributed by atoms with Gasteiger partial charge >= 0.3 is 0 Å². The molecule has 166 valence electrons. The highest BCUT2D eigenvalue weighted by atomic mass is 19.1. The lowest BCUT2D eigenvalue weighted by molar-refractivity contribution is 0.0682. The third kappa shape index (κ3) is 4.05. The number of imidazole rings is 1. The summed E-state index contributed by atoms with van der Waals surface area (Å²) in [6.45, 7) is 1.43. The van der Waals surface area contributed by atoms with Gasteiger partial charge in [0.1, 0.15) is 11.6 Å². The SMILES string of the molecule is O=C(NCc1ccc(F)cc1F)c1ccc2c(c1)nc1n2CCN(Cc2ccccn2)C1=O. The Kier molecular flexibility index (Phi) is 5.29. The molecular formula is C24H19F2N5O2. The molecule has 4 aromatic rings. The average Bonchev–Trinajstić information content (AvgIpc) is 3.19. The molecule has 1 N–H and O–H groups in total. The van der Waals surface area contributed by atoms with Gasteiger partial charge in [0, 0.05) is 43.0 Å². The van der Waals surface area contributed by atoms with Crippen molar-refractivity contribution in [3.8, 4) is 0 Å². The first-order chi connectivity index (χ1) is 16.0. The molecule has 9 heteroatoms. The first-order valence-electron chi connectivity index (χ1n) is 10.4. The van der Waals surface area contributed by atoms with Crippen LogP contribution in [0.2, 0.25) is 0 Å². The van der Waals surface area contributed by atoms with E-state index in [0.717, 1.165) is 23.3 Å². The van der Waals surface area contributed by atoms with Crippen LogP contribution >= 0.6 is 0 Å². The molecule has 0 fully saturated rings. The lowest BCUT2D eigenvalue weighted by Crippen LogP contribution is -2.40. The maximum atomic E-state index is 13.8. The zero-order valence-corrected chi connectivity index (χ0v) is 17.5. The fourth-order valence-electron chi connectivity index (χ4n) is 3.90. The monoisotopic (exact) mass is 447 g/mol. The van der Waals surface area contributed by atoms with Gasteiger partial charge < -0.3 is 14.8 Å². The molecule has 5 rings (SSSR count). The second-order valence-corrected chi connectivity index (χ2v) is 7.76. The minimum Gasteiger partial charge on any atom is -0.348 e. The number of benzene rings is 2. The zero-order chi connectivity index (χ0) is 22.9. The van der Waals surface area contributed by atoms with E-state index >= 15 is 0 Å². The van der Waals surface area contributed by atoms with Crippen molar-refractivity contribution in [3.05, 3.63) is 95.1 Å². The van der Waals surface area contributed by atoms with Crippen LogP contribution in [0.3, 0.4) is 0 Å². The van der Waals surface area contributed by atoms with Crippen LogP contribution in [-0.2, 0) is 19.6 Å². The lowest BCUT2D eigenvalue weighted by atomic mass is 10.1. The van der Waals surface area contributed by atoms with E-state index in [-0.39, 0.29) is 18.0 Å². The average molecular weight is 447 g/mol. The molecule has 3 heterocycles. The quantitative estimate of drug-likeness (QED) is 0.509. The molecule has 1 aliphatic rings. The van der Waals surface area contributed by atoms with Crippen molar-refractivity contribution in [1.82, 2.24) is 24.8 Å². The molecule has 7 nitrogen and oxygen atoms in total. The number of carbonyl (C=O) groups excluding carboxylic acids is 2. The van der Waals surface area contributed by atoms with Crippen LogP contribution in [0.25, 0.3) is 11.0 Å². The van der Waals surface area contributed by atoms with Crippen molar-refractivity contribution < 1.29 is 18.4 Å². The van der Waals surface area contributed by atoms with Crippen molar-refractivity contribution >= 4 is 22.8 Å². The maximum absolute atomic E-state index is 13.8. The third-order valence-corrected chi connectivity index (χ3v) is 5.62. The van der Waals surface area contributed by atoms with Crippen LogP contribution in [0.1, 0.15) is 32.2 Å². The number of nitrogens with zero attached hydrogens (tertiary/aromatic N) is 4. The minimum atomic E-state index is -0.721. The number of carbonyl (C=O) groups is 2. The first kappa shape index (κ1) is 20.7. The van der Waals surface area contributed by atoms with Crippen molar-refractivity contribution in [2.75, 3.05) is 6.54 Å². The molecular weight excluding hydrogens is 428 g/mol. The largest absolute Gasteiger partial charge is 0.348 e. The van der Waals surface area contributed by atoms with Crippen molar-refractivity contribution in [2.24, 2.45) is 0 Å². The van der Waals surface area contributed by atoms with Crippen molar-refractivity contribution in [3.63, 3.8) is 0 Å². The van der Waals surface area contributed by atoms with Gasteiger partial charge in [0.05, 0.1) is 23.3 Å². The van der Waals surface area contributed by atoms with Crippen LogP contribution in [0.5, 0.6) is 0 Å². The molecule has 1 aliphatic heterocycles. The highest BCUT2D eigenvalue weighted by molar-refractivity contribution is 6.00. The summed E-state index contributed by atoms with van der Waals surface area (Å²) in [5.41, 5.74) is 2.60. The smallest absolute Gasteiger partial charge is 0.290 e. The van der Waals surface area contributed by atoms with Crippen molar-refractivity contribution in [2.45, 2.75) is 19.6 Å². The number of fused-ring (bicyclic) bond motifs is 3. The second kappa shape index (κ2) is 8.42. The molecule has 2 amide bonds. The van der Waals surface area contributed by atoms with Crippen molar-refractivity contribution in [1.29, 1.82) is 0 Å². The van der Waals surface area contributed by atoms with Crippen LogP contribution in [0.4, 0.5) is 8.78 Å². The normalized spacial score (nSPS) is 13.3. The summed E-state index contributed by atoms with van der Waals surface area (Å²) >= 11 is 0. The van der Waals surface area contributed by atoms with E-state index in [0.29, 0.717) is 36.5 Å². The number of rotatable bonds is 5. The topological polar surface area (TPSA) is 80.1 Å². The summed E-state index contributed by atoms with van der Waals surface area (Å²) in [5, 5.41) is 2.63. The van der Waals surface area contributed by atoms with Gasteiger partial charge in [-0.25, -0.2) is 13.8 Å². The summed E-state index contributed by atoms with van der Waals surface area (Å²) < 4.78 is 28.7. The first-order valence-corrected chi connectivity index (χ1v) is 10.4. The van der Waals surface area contributed by atoms with E-state index in [1.54, 1.807) is 29.3 Å². The van der Waals surface area contributed by atoms with Gasteiger partial charge in [-0.2, -0.15) is 0 Å². The Morgan fingerprint density at radius 1 is 1.06 bits per heavy atom. The van der Waals surface area contributed by atoms with E-state index in [1.165, 1.54) is 6.07 Å². The summed E-state index contributed by atoms with van der Waals surface area (Å²) in [6.07, 6.45) is 1.69. The van der Waals surface area contributed by atoms with Crippen LogP contribution < -0.4 is 5.32 Å². The Hall–Kier alpha value is -4.14. The predicted octanol–water partition coefficient (Wildman–Crippen LogP) is 3.30. The standard InChI is InChI=1S/C24H19F2N5O2/c25-17-6-4-16(19(26)12-17)13-28-23(32)15-5-7-21-20(11-15)29-22-24(33)30(9-10-31(21)22)14-18-3-1-2-8-27-18/h1-8,11-12H,9-10,13-14H2,(H,28,32). The minimum absolute atomic E-state index is 0.0797. The number of hydrogen-bond donors (Lipinski definition) is 1. The molecule has 0 spiro atoms. The molecule has 0 saturated heterocycles. The fraction of sp³-hybridized carbons (Fsp3) is 0.167. The summed E-state index contributed by atoms with van der Waals surface area (Å²) in [6, 6.07) is 13.8. The number of aromatic nitrogens is 3. The number of halogens is 2. The summed E-state index contributed by atoms with van der Waals surface area (Å²) in [7, 11) is 0. The highest BCUT2D eigenvalue weighted by Crippen LogP contribution is 2.23. The molecule has 0 saturated carbocycles. The number of pyridine rings is 1. The Morgan fingerprint density at radius 3 is 2.73 bits per heavy atom. The van der Waals surface area contributed by atoms with Crippen LogP contribution in [0.15, 0.2) is 60.8 Å². The molecule has 33 heavy (non-hydrogen) atoms. The Bertz CT molecular complexity index is 1370. The van der Waals surface area contributed by atoms with Gasteiger partial charge in [-0.3, -0.25) is 14.6 Å². The fourth-order valence-corrected chi connectivity index (χ4v) is 3.90. The van der Waals surface area contributed by atoms with Gasteiger partial charge in [-0.05, 0) is 36.4 Å². The van der Waals surface area contributed by atoms with E-state index < -0.39 is 17.5 Å². The van der Waals surface area contributed by atoms with E-state index in [4.69, 9.17) is 0 Å². The van der Waals surface area contributed by atoms with E-state index in [2.05, 4.69) is 15.3 Å². The maximum Gasteiger partial charge on any atom is 0.290 e. The van der Waals surface area contributed by atoms with Gasteiger partial charge in [0.2, 0.25) is 0 Å².